The highest BCUT2D eigenvalue weighted by atomic mass is 16.5. The smallest absolute Gasteiger partial charge is 0.251 e. The summed E-state index contributed by atoms with van der Waals surface area (Å²) in [6, 6.07) is 22.1. The third kappa shape index (κ3) is 5.48. The molecular formula is C29H34N2O3. The molecule has 0 bridgehead atoms. The Morgan fingerprint density at radius 1 is 0.794 bits per heavy atom. The summed E-state index contributed by atoms with van der Waals surface area (Å²) in [5.41, 5.74) is 10.1. The lowest BCUT2D eigenvalue weighted by atomic mass is 9.84. The standard InChI is InChI=1S/C29H34N2O3/c1-18(2)23-16-22(17-24(19(3)4)27(23)34-5)29(33)31-26(28(30)32)25(20-12-8-6-9-13-20)21-14-10-7-11-15-21/h6-19,25-26H,1-5H3,(H2,30,32)(H,31,33). The minimum absolute atomic E-state index is 0.161. The number of rotatable bonds is 9. The Hall–Kier alpha value is -3.60. The lowest BCUT2D eigenvalue weighted by molar-refractivity contribution is -0.120. The molecule has 1 unspecified atom stereocenters. The first-order valence-corrected chi connectivity index (χ1v) is 11.7. The van der Waals surface area contributed by atoms with Gasteiger partial charge in [-0.15, -0.1) is 0 Å². The molecule has 1 atom stereocenters. The van der Waals surface area contributed by atoms with Crippen molar-refractivity contribution in [1.82, 2.24) is 5.32 Å². The van der Waals surface area contributed by atoms with Gasteiger partial charge in [0.05, 0.1) is 7.11 Å². The van der Waals surface area contributed by atoms with Gasteiger partial charge in [0, 0.05) is 11.5 Å². The molecule has 5 heteroatoms. The molecule has 178 valence electrons. The molecule has 5 nitrogen and oxygen atoms in total. The lowest BCUT2D eigenvalue weighted by Crippen LogP contribution is -2.48. The van der Waals surface area contributed by atoms with Crippen molar-refractivity contribution < 1.29 is 14.3 Å². The SMILES string of the molecule is COc1c(C(C)C)cc(C(=O)NC(C(N)=O)C(c2ccccc2)c2ccccc2)cc1C(C)C. The van der Waals surface area contributed by atoms with Crippen LogP contribution in [0.25, 0.3) is 0 Å². The van der Waals surface area contributed by atoms with Crippen LogP contribution in [-0.4, -0.2) is 25.0 Å². The molecular weight excluding hydrogens is 424 g/mol. The van der Waals surface area contributed by atoms with Crippen LogP contribution >= 0.6 is 0 Å². The van der Waals surface area contributed by atoms with E-state index in [1.807, 2.05) is 72.8 Å². The van der Waals surface area contributed by atoms with Crippen molar-refractivity contribution in [2.24, 2.45) is 5.73 Å². The molecule has 0 heterocycles. The van der Waals surface area contributed by atoms with E-state index < -0.39 is 17.9 Å². The Bertz CT molecular complexity index is 1060. The van der Waals surface area contributed by atoms with Crippen LogP contribution in [0.3, 0.4) is 0 Å². The normalized spacial score (nSPS) is 12.1. The molecule has 3 rings (SSSR count). The number of carbonyl (C=O) groups excluding carboxylic acids is 2. The van der Waals surface area contributed by atoms with E-state index in [4.69, 9.17) is 10.5 Å². The summed E-state index contributed by atoms with van der Waals surface area (Å²) in [5, 5.41) is 2.95. The molecule has 0 radical (unpaired) electrons. The maximum absolute atomic E-state index is 13.5. The highest BCUT2D eigenvalue weighted by Gasteiger charge is 2.31. The lowest BCUT2D eigenvalue weighted by Gasteiger charge is -2.27. The number of primary amides is 1. The minimum atomic E-state index is -0.926. The quantitative estimate of drug-likeness (QED) is 0.453. The average Bonchev–Trinajstić information content (AvgIpc) is 2.83. The zero-order valence-corrected chi connectivity index (χ0v) is 20.5. The molecule has 0 fully saturated rings. The van der Waals surface area contributed by atoms with E-state index in [1.165, 1.54) is 0 Å². The fourth-order valence-corrected chi connectivity index (χ4v) is 4.34. The second-order valence-electron chi connectivity index (χ2n) is 9.15. The first-order valence-electron chi connectivity index (χ1n) is 11.7. The van der Waals surface area contributed by atoms with E-state index in [0.717, 1.165) is 28.0 Å². The van der Waals surface area contributed by atoms with Crippen LogP contribution in [0.1, 0.15) is 78.1 Å². The molecule has 2 amide bonds. The minimum Gasteiger partial charge on any atom is -0.496 e. The number of ether oxygens (including phenoxy) is 1. The monoisotopic (exact) mass is 458 g/mol. The number of amides is 2. The number of nitrogens with one attached hydrogen (secondary N) is 1. The maximum Gasteiger partial charge on any atom is 0.251 e. The number of hydrogen-bond acceptors (Lipinski definition) is 3. The van der Waals surface area contributed by atoms with Crippen molar-refractivity contribution in [3.8, 4) is 5.75 Å². The van der Waals surface area contributed by atoms with Crippen LogP contribution in [0.15, 0.2) is 72.8 Å². The summed E-state index contributed by atoms with van der Waals surface area (Å²) in [5.74, 6) is -0.224. The molecule has 34 heavy (non-hydrogen) atoms. The van der Waals surface area contributed by atoms with Crippen LogP contribution in [0.5, 0.6) is 5.75 Å². The average molecular weight is 459 g/mol. The number of carbonyl (C=O) groups is 2. The highest BCUT2D eigenvalue weighted by Crippen LogP contribution is 2.36. The Morgan fingerprint density at radius 2 is 1.24 bits per heavy atom. The van der Waals surface area contributed by atoms with Crippen molar-refractivity contribution in [3.63, 3.8) is 0 Å². The van der Waals surface area contributed by atoms with E-state index in [1.54, 1.807) is 7.11 Å². The first kappa shape index (κ1) is 25.0. The van der Waals surface area contributed by atoms with E-state index in [9.17, 15) is 9.59 Å². The van der Waals surface area contributed by atoms with Gasteiger partial charge in [-0.1, -0.05) is 88.4 Å². The molecule has 3 aromatic rings. The summed E-state index contributed by atoms with van der Waals surface area (Å²) in [6.07, 6.45) is 0. The summed E-state index contributed by atoms with van der Waals surface area (Å²) < 4.78 is 5.70. The van der Waals surface area contributed by atoms with Gasteiger partial charge >= 0.3 is 0 Å². The van der Waals surface area contributed by atoms with Gasteiger partial charge in [0.2, 0.25) is 5.91 Å². The Kier molecular flexibility index (Phi) is 8.11. The van der Waals surface area contributed by atoms with Crippen molar-refractivity contribution >= 4 is 11.8 Å². The van der Waals surface area contributed by atoms with Crippen LogP contribution in [0.4, 0.5) is 0 Å². The van der Waals surface area contributed by atoms with Gasteiger partial charge < -0.3 is 15.8 Å². The van der Waals surface area contributed by atoms with E-state index in [2.05, 4.69) is 33.0 Å². The predicted molar refractivity (Wildman–Crippen MR) is 136 cm³/mol. The fraction of sp³-hybridized carbons (Fsp3) is 0.310. The Labute approximate surface area is 202 Å². The highest BCUT2D eigenvalue weighted by molar-refractivity contribution is 5.98. The molecule has 0 aromatic heterocycles. The van der Waals surface area contributed by atoms with Gasteiger partial charge in [-0.25, -0.2) is 0 Å². The zero-order chi connectivity index (χ0) is 24.8. The molecule has 0 aliphatic heterocycles. The van der Waals surface area contributed by atoms with Gasteiger partial charge in [0.1, 0.15) is 11.8 Å². The van der Waals surface area contributed by atoms with Crippen molar-refractivity contribution in [2.75, 3.05) is 7.11 Å². The van der Waals surface area contributed by atoms with Gasteiger partial charge in [-0.3, -0.25) is 9.59 Å². The molecule has 3 N–H and O–H groups in total. The maximum atomic E-state index is 13.5. The number of nitrogens with two attached hydrogens (primary N) is 1. The van der Waals surface area contributed by atoms with Gasteiger partial charge in [-0.2, -0.15) is 0 Å². The van der Waals surface area contributed by atoms with Crippen LogP contribution in [-0.2, 0) is 4.79 Å². The van der Waals surface area contributed by atoms with E-state index in [-0.39, 0.29) is 17.7 Å². The number of hydrogen-bond donors (Lipinski definition) is 2. The first-order chi connectivity index (χ1) is 16.2. The zero-order valence-electron chi connectivity index (χ0n) is 20.5. The topological polar surface area (TPSA) is 81.4 Å². The molecule has 0 saturated carbocycles. The third-order valence-corrected chi connectivity index (χ3v) is 6.10. The summed E-state index contributed by atoms with van der Waals surface area (Å²) >= 11 is 0. The van der Waals surface area contributed by atoms with Crippen LogP contribution in [0.2, 0.25) is 0 Å². The third-order valence-electron chi connectivity index (χ3n) is 6.10. The van der Waals surface area contributed by atoms with Gasteiger partial charge in [0.15, 0.2) is 0 Å². The van der Waals surface area contributed by atoms with Crippen LogP contribution < -0.4 is 15.8 Å². The second kappa shape index (κ2) is 11.0. The molecule has 0 saturated heterocycles. The summed E-state index contributed by atoms with van der Waals surface area (Å²) in [6.45, 7) is 8.26. The molecule has 0 spiro atoms. The fourth-order valence-electron chi connectivity index (χ4n) is 4.34. The van der Waals surface area contributed by atoms with Gasteiger partial charge in [0.25, 0.3) is 5.91 Å². The van der Waals surface area contributed by atoms with Crippen LogP contribution in [0, 0.1) is 0 Å². The Morgan fingerprint density at radius 3 is 1.59 bits per heavy atom. The molecule has 0 aliphatic rings. The van der Waals surface area contributed by atoms with E-state index >= 15 is 0 Å². The summed E-state index contributed by atoms with van der Waals surface area (Å²) in [4.78, 5) is 26.2. The van der Waals surface area contributed by atoms with E-state index in [0.29, 0.717) is 5.56 Å². The van der Waals surface area contributed by atoms with Gasteiger partial charge in [-0.05, 0) is 46.2 Å². The molecule has 3 aromatic carbocycles. The molecule has 0 aliphatic carbocycles. The Balaban J connectivity index is 2.06. The number of methoxy groups -OCH3 is 1. The second-order valence-corrected chi connectivity index (χ2v) is 9.15. The predicted octanol–water partition coefficient (Wildman–Crippen LogP) is 5.36. The largest absolute Gasteiger partial charge is 0.496 e. The van der Waals surface area contributed by atoms with Crippen molar-refractivity contribution in [2.45, 2.75) is 51.5 Å². The summed E-state index contributed by atoms with van der Waals surface area (Å²) in [7, 11) is 1.65. The number of benzene rings is 3. The van der Waals surface area contributed by atoms with Crippen molar-refractivity contribution in [1.29, 1.82) is 0 Å². The van der Waals surface area contributed by atoms with Crippen molar-refractivity contribution in [3.05, 3.63) is 101 Å².